The topological polar surface area (TPSA) is 101 Å². The zero-order valence-electron chi connectivity index (χ0n) is 19.3. The van der Waals surface area contributed by atoms with Crippen LogP contribution in [0.25, 0.3) is 11.0 Å². The Morgan fingerprint density at radius 3 is 2.35 bits per heavy atom. The summed E-state index contributed by atoms with van der Waals surface area (Å²) in [6.45, 7) is 1.54. The van der Waals surface area contributed by atoms with Gasteiger partial charge in [-0.05, 0) is 37.3 Å². The molecule has 0 radical (unpaired) electrons. The summed E-state index contributed by atoms with van der Waals surface area (Å²) in [6, 6.07) is 7.84. The fourth-order valence-corrected chi connectivity index (χ4v) is 5.74. The Morgan fingerprint density at radius 1 is 1.11 bits per heavy atom. The number of nitrogens with zero attached hydrogens (tertiary/aromatic N) is 1. The van der Waals surface area contributed by atoms with Gasteiger partial charge in [0.15, 0.2) is 5.69 Å². The molecule has 0 saturated carbocycles. The van der Waals surface area contributed by atoms with Crippen molar-refractivity contribution in [2.45, 2.75) is 12.2 Å². The molecule has 1 unspecified atom stereocenters. The maximum absolute atomic E-state index is 14.9. The first-order valence-electron chi connectivity index (χ1n) is 10.7. The molecule has 0 bridgehead atoms. The summed E-state index contributed by atoms with van der Waals surface area (Å²) in [4.78, 5) is 39.6. The molecule has 0 spiro atoms. The van der Waals surface area contributed by atoms with Crippen LogP contribution in [0.15, 0.2) is 36.4 Å². The molecule has 0 saturated heterocycles. The monoisotopic (exact) mass is 566 g/mol. The average Bonchev–Trinajstić information content (AvgIpc) is 3.14. The third-order valence-corrected chi connectivity index (χ3v) is 7.46. The number of thioether (sulfide) groups is 1. The number of carbonyl (C=O) groups excluding carboxylic acids is 3. The lowest BCUT2D eigenvalue weighted by molar-refractivity contribution is -0.135. The zero-order valence-corrected chi connectivity index (χ0v) is 21.6. The summed E-state index contributed by atoms with van der Waals surface area (Å²) in [5, 5.41) is -1.63. The van der Waals surface area contributed by atoms with E-state index in [0.29, 0.717) is 11.8 Å². The lowest BCUT2D eigenvalue weighted by atomic mass is 10.1. The standard InChI is InChI=1S/C25H18Cl2F2N2O5S/c1-3-36-25(34)22-19-12(10-11-13(26)6-4-8-15(11)28)18(30)20(24(33)35-2)31(19)23(32)21(37-22)17-14(27)7-5-9-16(17)29/h4-10,21H,3,30H2,1-2H3/b12-10+. The molecule has 3 aromatic rings. The molecule has 7 nitrogen and oxygen atoms in total. The summed E-state index contributed by atoms with van der Waals surface area (Å²) in [5.41, 5.74) is 5.30. The van der Waals surface area contributed by atoms with E-state index in [2.05, 4.69) is 0 Å². The number of aromatic nitrogens is 1. The minimum Gasteiger partial charge on any atom is -0.464 e. The number of fused-ring (bicyclic) bond motifs is 1. The van der Waals surface area contributed by atoms with E-state index in [1.165, 1.54) is 30.3 Å². The predicted octanol–water partition coefficient (Wildman–Crippen LogP) is 4.07. The van der Waals surface area contributed by atoms with Crippen molar-refractivity contribution >= 4 is 69.5 Å². The van der Waals surface area contributed by atoms with Crippen molar-refractivity contribution in [2.75, 3.05) is 19.5 Å². The SMILES string of the molecule is CCOC(=O)C1=c2/c(=C/c3c(F)cccc3Cl)c(N)c(C(=O)OC)n2C(=O)C(c2c(F)cccc2Cl)S1. The highest BCUT2D eigenvalue weighted by Crippen LogP contribution is 2.43. The van der Waals surface area contributed by atoms with Crippen LogP contribution in [-0.4, -0.2) is 36.1 Å². The molecule has 1 aromatic heterocycles. The normalized spacial score (nSPS) is 15.5. The van der Waals surface area contributed by atoms with Crippen LogP contribution in [0.4, 0.5) is 14.5 Å². The van der Waals surface area contributed by atoms with Gasteiger partial charge in [-0.1, -0.05) is 47.1 Å². The number of nitrogens with two attached hydrogens (primary N) is 1. The minimum atomic E-state index is -1.39. The Labute approximate surface area is 223 Å². The number of hydrogen-bond acceptors (Lipinski definition) is 7. The van der Waals surface area contributed by atoms with Gasteiger partial charge in [-0.2, -0.15) is 0 Å². The Balaban J connectivity index is 2.18. The second-order valence-corrected chi connectivity index (χ2v) is 9.58. The predicted molar refractivity (Wildman–Crippen MR) is 137 cm³/mol. The number of methoxy groups -OCH3 is 1. The van der Waals surface area contributed by atoms with Crippen molar-refractivity contribution in [2.24, 2.45) is 0 Å². The van der Waals surface area contributed by atoms with Crippen LogP contribution >= 0.6 is 35.0 Å². The van der Waals surface area contributed by atoms with Crippen LogP contribution in [-0.2, 0) is 14.3 Å². The minimum absolute atomic E-state index is 0.0162. The van der Waals surface area contributed by atoms with Crippen molar-refractivity contribution in [1.82, 2.24) is 4.57 Å². The van der Waals surface area contributed by atoms with Gasteiger partial charge in [0.2, 0.25) is 5.91 Å². The fourth-order valence-electron chi connectivity index (χ4n) is 3.92. The van der Waals surface area contributed by atoms with Gasteiger partial charge in [-0.25, -0.2) is 18.4 Å². The molecule has 2 aromatic carbocycles. The quantitative estimate of drug-likeness (QED) is 0.464. The van der Waals surface area contributed by atoms with Gasteiger partial charge in [0.25, 0.3) is 0 Å². The molecular formula is C25H18Cl2F2N2O5S. The zero-order chi connectivity index (χ0) is 27.0. The molecule has 0 aliphatic carbocycles. The molecule has 0 amide bonds. The largest absolute Gasteiger partial charge is 0.464 e. The third-order valence-electron chi connectivity index (χ3n) is 5.53. The van der Waals surface area contributed by atoms with Crippen LogP contribution in [0.2, 0.25) is 10.0 Å². The van der Waals surface area contributed by atoms with Crippen molar-refractivity contribution < 1.29 is 32.6 Å². The first-order valence-corrected chi connectivity index (χ1v) is 12.4. The van der Waals surface area contributed by atoms with Gasteiger partial charge in [-0.15, -0.1) is 0 Å². The maximum Gasteiger partial charge on any atom is 0.357 e. The molecule has 2 heterocycles. The molecule has 192 valence electrons. The van der Waals surface area contributed by atoms with E-state index in [4.69, 9.17) is 38.4 Å². The van der Waals surface area contributed by atoms with Crippen molar-refractivity contribution in [1.29, 1.82) is 0 Å². The molecule has 2 N–H and O–H groups in total. The smallest absolute Gasteiger partial charge is 0.357 e. The summed E-state index contributed by atoms with van der Waals surface area (Å²) in [7, 11) is 1.07. The van der Waals surface area contributed by atoms with Crippen molar-refractivity contribution in [3.63, 3.8) is 0 Å². The van der Waals surface area contributed by atoms with Crippen LogP contribution in [0.5, 0.6) is 0 Å². The number of anilines is 1. The Hall–Kier alpha value is -3.34. The van der Waals surface area contributed by atoms with Crippen LogP contribution in [0.3, 0.4) is 0 Å². The van der Waals surface area contributed by atoms with Crippen LogP contribution in [0, 0.1) is 11.6 Å². The number of halogens is 4. The van der Waals surface area contributed by atoms with E-state index in [1.807, 2.05) is 0 Å². The summed E-state index contributed by atoms with van der Waals surface area (Å²) in [5.74, 6) is -4.22. The number of hydrogen-bond donors (Lipinski definition) is 1. The van der Waals surface area contributed by atoms with E-state index < -0.39 is 40.4 Å². The number of benzene rings is 2. The average molecular weight is 567 g/mol. The third kappa shape index (κ3) is 4.60. The summed E-state index contributed by atoms with van der Waals surface area (Å²) in [6.07, 6.45) is 1.22. The molecule has 37 heavy (non-hydrogen) atoms. The molecule has 1 aliphatic rings. The van der Waals surface area contributed by atoms with Gasteiger partial charge >= 0.3 is 11.9 Å². The van der Waals surface area contributed by atoms with E-state index >= 15 is 0 Å². The molecule has 0 fully saturated rings. The molecule has 1 atom stereocenters. The van der Waals surface area contributed by atoms with Gasteiger partial charge in [0.1, 0.15) is 21.8 Å². The highest BCUT2D eigenvalue weighted by atomic mass is 35.5. The molecule has 4 rings (SSSR count). The highest BCUT2D eigenvalue weighted by molar-refractivity contribution is 8.10. The van der Waals surface area contributed by atoms with Gasteiger partial charge in [0, 0.05) is 21.4 Å². The first kappa shape index (κ1) is 26.7. The number of carbonyl (C=O) groups is 3. The fraction of sp³-hybridized carbons (Fsp3) is 0.160. The van der Waals surface area contributed by atoms with Gasteiger partial charge < -0.3 is 15.2 Å². The summed E-state index contributed by atoms with van der Waals surface area (Å²) >= 11 is 13.1. The lowest BCUT2D eigenvalue weighted by Gasteiger charge is -2.24. The molecule has 1 aliphatic heterocycles. The van der Waals surface area contributed by atoms with Crippen LogP contribution in [0.1, 0.15) is 38.6 Å². The lowest BCUT2D eigenvalue weighted by Crippen LogP contribution is -2.43. The van der Waals surface area contributed by atoms with Crippen molar-refractivity contribution in [3.05, 3.63) is 85.5 Å². The molecule has 12 heteroatoms. The van der Waals surface area contributed by atoms with Crippen molar-refractivity contribution in [3.8, 4) is 0 Å². The van der Waals surface area contributed by atoms with Gasteiger partial charge in [-0.3, -0.25) is 9.36 Å². The van der Waals surface area contributed by atoms with Gasteiger partial charge in [0.05, 0.1) is 29.8 Å². The number of esters is 2. The van der Waals surface area contributed by atoms with Crippen LogP contribution < -0.4 is 16.3 Å². The van der Waals surface area contributed by atoms with E-state index in [0.717, 1.165) is 23.8 Å². The number of rotatable bonds is 5. The molecular weight excluding hydrogens is 549 g/mol. The first-order chi connectivity index (χ1) is 17.6. The Kier molecular flexibility index (Phi) is 7.63. The summed E-state index contributed by atoms with van der Waals surface area (Å²) < 4.78 is 40.4. The van der Waals surface area contributed by atoms with E-state index in [-0.39, 0.29) is 48.9 Å². The Bertz CT molecular complexity index is 1550. The van der Waals surface area contributed by atoms with E-state index in [9.17, 15) is 23.2 Å². The second kappa shape index (κ2) is 10.6. The number of ether oxygens (including phenoxy) is 2. The second-order valence-electron chi connectivity index (χ2n) is 7.65. The Morgan fingerprint density at radius 2 is 1.76 bits per heavy atom. The number of nitrogen functional groups attached to an aromatic ring is 1. The highest BCUT2D eigenvalue weighted by Gasteiger charge is 2.40. The van der Waals surface area contributed by atoms with E-state index in [1.54, 1.807) is 6.92 Å². The maximum atomic E-state index is 14.9.